The van der Waals surface area contributed by atoms with E-state index in [0.29, 0.717) is 5.75 Å². The summed E-state index contributed by atoms with van der Waals surface area (Å²) in [6.45, 7) is 6.50. The number of hydrogen-bond donors (Lipinski definition) is 0. The second kappa shape index (κ2) is 6.76. The normalized spacial score (nSPS) is 11.9. The summed E-state index contributed by atoms with van der Waals surface area (Å²) in [6.07, 6.45) is 0.0304. The van der Waals surface area contributed by atoms with E-state index in [2.05, 4.69) is 20.8 Å². The van der Waals surface area contributed by atoms with Crippen LogP contribution in [0.15, 0.2) is 24.3 Å². The molecule has 110 valence electrons. The van der Waals surface area contributed by atoms with Gasteiger partial charge in [-0.05, 0) is 23.1 Å². The van der Waals surface area contributed by atoms with E-state index >= 15 is 0 Å². The van der Waals surface area contributed by atoms with Crippen molar-refractivity contribution in [1.29, 1.82) is 5.26 Å². The Bertz CT molecular complexity index is 563. The number of ether oxygens (including phenoxy) is 1. The van der Waals surface area contributed by atoms with Crippen molar-refractivity contribution in [2.45, 2.75) is 32.6 Å². The molecular weight excluding hydrogens is 274 g/mol. The lowest BCUT2D eigenvalue weighted by molar-refractivity contribution is 0.340. The van der Waals surface area contributed by atoms with Gasteiger partial charge in [-0.15, -0.1) is 0 Å². The summed E-state index contributed by atoms with van der Waals surface area (Å²) in [5.74, 6) is 0.499. The third-order valence-electron chi connectivity index (χ3n) is 2.91. The van der Waals surface area contributed by atoms with Gasteiger partial charge in [0, 0.05) is 6.42 Å². The van der Waals surface area contributed by atoms with Gasteiger partial charge in [0.2, 0.25) is 0 Å². The van der Waals surface area contributed by atoms with Crippen molar-refractivity contribution in [2.24, 2.45) is 0 Å². The van der Waals surface area contributed by atoms with Crippen molar-refractivity contribution < 1.29 is 13.2 Å². The third-order valence-corrected chi connectivity index (χ3v) is 4.52. The second-order valence-corrected chi connectivity index (χ2v) is 7.99. The highest BCUT2D eigenvalue weighted by Gasteiger charge is 2.13. The van der Waals surface area contributed by atoms with Crippen LogP contribution < -0.4 is 4.74 Å². The van der Waals surface area contributed by atoms with E-state index in [0.717, 1.165) is 0 Å². The Kier molecular flexibility index (Phi) is 5.58. The Morgan fingerprint density at radius 2 is 1.75 bits per heavy atom. The van der Waals surface area contributed by atoms with Gasteiger partial charge in [-0.3, -0.25) is 0 Å². The van der Waals surface area contributed by atoms with Gasteiger partial charge in [0.25, 0.3) is 0 Å². The molecule has 20 heavy (non-hydrogen) atoms. The van der Waals surface area contributed by atoms with Gasteiger partial charge in [0.15, 0.2) is 9.84 Å². The summed E-state index contributed by atoms with van der Waals surface area (Å²) in [7, 11) is -3.19. The Hall–Kier alpha value is -1.54. The fraction of sp³-hybridized carbons (Fsp3) is 0.533. The Morgan fingerprint density at radius 3 is 2.25 bits per heavy atom. The largest absolute Gasteiger partial charge is 0.493 e. The molecule has 5 heteroatoms. The first-order valence-corrected chi connectivity index (χ1v) is 8.37. The van der Waals surface area contributed by atoms with E-state index in [4.69, 9.17) is 10.00 Å². The Balaban J connectivity index is 2.49. The highest BCUT2D eigenvalue weighted by molar-refractivity contribution is 7.91. The van der Waals surface area contributed by atoms with E-state index in [-0.39, 0.29) is 29.9 Å². The number of nitriles is 1. The van der Waals surface area contributed by atoms with E-state index in [1.807, 2.05) is 30.3 Å². The van der Waals surface area contributed by atoms with Crippen LogP contribution in [0, 0.1) is 11.3 Å². The van der Waals surface area contributed by atoms with Gasteiger partial charge in [-0.25, -0.2) is 8.42 Å². The molecule has 0 bridgehead atoms. The predicted molar refractivity (Wildman–Crippen MR) is 79.5 cm³/mol. The molecule has 0 atom stereocenters. The molecule has 0 aromatic heterocycles. The molecule has 0 saturated heterocycles. The molecule has 1 rings (SSSR count). The maximum absolute atomic E-state index is 11.5. The fourth-order valence-electron chi connectivity index (χ4n) is 1.64. The molecule has 0 aliphatic rings. The quantitative estimate of drug-likeness (QED) is 0.809. The number of hydrogen-bond acceptors (Lipinski definition) is 4. The molecule has 0 amide bonds. The number of benzene rings is 1. The SMILES string of the molecule is CC(C)(C)c1ccc(OCCS(=O)(=O)CCC#N)cc1. The summed E-state index contributed by atoms with van der Waals surface area (Å²) >= 11 is 0. The molecule has 1 aromatic rings. The smallest absolute Gasteiger partial charge is 0.154 e. The minimum Gasteiger partial charge on any atom is -0.493 e. The standard InChI is InChI=1S/C15H21NO3S/c1-15(2,3)13-5-7-14(8-6-13)19-10-12-20(17,18)11-4-9-16/h5-8H,4,10-12H2,1-3H3. The molecule has 0 aliphatic heterocycles. The van der Waals surface area contributed by atoms with Crippen LogP contribution in [-0.2, 0) is 15.3 Å². The number of nitrogens with zero attached hydrogens (tertiary/aromatic N) is 1. The minimum absolute atomic E-state index is 0.0304. The maximum atomic E-state index is 11.5. The first-order chi connectivity index (χ1) is 9.24. The van der Waals surface area contributed by atoms with Crippen LogP contribution in [-0.4, -0.2) is 26.5 Å². The molecule has 0 saturated carbocycles. The number of rotatable bonds is 6. The van der Waals surface area contributed by atoms with Gasteiger partial charge < -0.3 is 4.74 Å². The van der Waals surface area contributed by atoms with Crippen LogP contribution in [0.3, 0.4) is 0 Å². The highest BCUT2D eigenvalue weighted by atomic mass is 32.2. The van der Waals surface area contributed by atoms with Crippen molar-refractivity contribution in [3.05, 3.63) is 29.8 Å². The average molecular weight is 295 g/mol. The molecule has 0 aliphatic carbocycles. The lowest BCUT2D eigenvalue weighted by Crippen LogP contribution is -2.17. The fourth-order valence-corrected chi connectivity index (χ4v) is 2.58. The molecule has 1 aromatic carbocycles. The summed E-state index contributed by atoms with van der Waals surface area (Å²) < 4.78 is 28.5. The maximum Gasteiger partial charge on any atom is 0.154 e. The van der Waals surface area contributed by atoms with Crippen LogP contribution >= 0.6 is 0 Å². The highest BCUT2D eigenvalue weighted by Crippen LogP contribution is 2.24. The van der Waals surface area contributed by atoms with Crippen molar-refractivity contribution in [1.82, 2.24) is 0 Å². The van der Waals surface area contributed by atoms with Gasteiger partial charge in [-0.2, -0.15) is 5.26 Å². The zero-order chi connectivity index (χ0) is 15.2. The van der Waals surface area contributed by atoms with E-state index in [1.54, 1.807) is 0 Å². The Labute approximate surface area is 121 Å². The van der Waals surface area contributed by atoms with Crippen LogP contribution in [0.4, 0.5) is 0 Å². The monoisotopic (exact) mass is 295 g/mol. The molecule has 0 N–H and O–H groups in total. The molecule has 0 heterocycles. The zero-order valence-corrected chi connectivity index (χ0v) is 13.0. The predicted octanol–water partition coefficient (Wildman–Crippen LogP) is 2.69. The van der Waals surface area contributed by atoms with E-state index < -0.39 is 9.84 Å². The second-order valence-electron chi connectivity index (χ2n) is 5.68. The van der Waals surface area contributed by atoms with Crippen LogP contribution in [0.25, 0.3) is 0 Å². The topological polar surface area (TPSA) is 67.2 Å². The summed E-state index contributed by atoms with van der Waals surface area (Å²) in [5.41, 5.74) is 1.28. The molecule has 0 fully saturated rings. The van der Waals surface area contributed by atoms with Gasteiger partial charge in [0.05, 0.1) is 17.6 Å². The Morgan fingerprint density at radius 1 is 1.15 bits per heavy atom. The zero-order valence-electron chi connectivity index (χ0n) is 12.2. The van der Waals surface area contributed by atoms with Gasteiger partial charge in [0.1, 0.15) is 12.4 Å². The van der Waals surface area contributed by atoms with Crippen LogP contribution in [0.5, 0.6) is 5.75 Å². The molecular formula is C15H21NO3S. The molecule has 0 radical (unpaired) electrons. The third kappa shape index (κ3) is 5.62. The molecule has 0 unspecified atom stereocenters. The van der Waals surface area contributed by atoms with Crippen molar-refractivity contribution in [3.63, 3.8) is 0 Å². The van der Waals surface area contributed by atoms with Gasteiger partial charge >= 0.3 is 0 Å². The van der Waals surface area contributed by atoms with E-state index in [1.165, 1.54) is 5.56 Å². The van der Waals surface area contributed by atoms with Crippen molar-refractivity contribution in [2.75, 3.05) is 18.1 Å². The summed E-state index contributed by atoms with van der Waals surface area (Å²) in [5, 5.41) is 8.38. The lowest BCUT2D eigenvalue weighted by atomic mass is 9.87. The first kappa shape index (κ1) is 16.5. The minimum atomic E-state index is -3.19. The van der Waals surface area contributed by atoms with Gasteiger partial charge in [-0.1, -0.05) is 32.9 Å². The van der Waals surface area contributed by atoms with Crippen LogP contribution in [0.1, 0.15) is 32.8 Å². The molecule has 4 nitrogen and oxygen atoms in total. The first-order valence-electron chi connectivity index (χ1n) is 6.55. The summed E-state index contributed by atoms with van der Waals surface area (Å²) in [4.78, 5) is 0. The lowest BCUT2D eigenvalue weighted by Gasteiger charge is -2.19. The molecule has 0 spiro atoms. The van der Waals surface area contributed by atoms with Crippen molar-refractivity contribution in [3.8, 4) is 11.8 Å². The number of sulfone groups is 1. The van der Waals surface area contributed by atoms with E-state index in [9.17, 15) is 8.42 Å². The summed E-state index contributed by atoms with van der Waals surface area (Å²) in [6, 6.07) is 9.50. The van der Waals surface area contributed by atoms with Crippen molar-refractivity contribution >= 4 is 9.84 Å². The average Bonchev–Trinajstić information content (AvgIpc) is 2.36. The van der Waals surface area contributed by atoms with Crippen LogP contribution in [0.2, 0.25) is 0 Å².